The molecule has 0 spiro atoms. The monoisotopic (exact) mass is 422 g/mol. The molecular weight excluding hydrogens is 388 g/mol. The summed E-state index contributed by atoms with van der Waals surface area (Å²) < 4.78 is 5.91. The quantitative estimate of drug-likeness (QED) is 0.715. The van der Waals surface area contributed by atoms with Crippen molar-refractivity contribution in [1.29, 1.82) is 0 Å². The van der Waals surface area contributed by atoms with E-state index in [1.165, 1.54) is 12.0 Å². The summed E-state index contributed by atoms with van der Waals surface area (Å²) in [6, 6.07) is 14.0. The second-order valence-electron chi connectivity index (χ2n) is 8.84. The Labute approximate surface area is 185 Å². The first-order valence-corrected chi connectivity index (χ1v) is 11.5. The Bertz CT molecular complexity index is 834. The zero-order valence-electron chi connectivity index (χ0n) is 18.7. The highest BCUT2D eigenvalue weighted by Gasteiger charge is 2.29. The van der Waals surface area contributed by atoms with Gasteiger partial charge in [-0.15, -0.1) is 0 Å². The number of nitrogens with zero attached hydrogens (tertiary/aromatic N) is 4. The first-order chi connectivity index (χ1) is 15.1. The van der Waals surface area contributed by atoms with E-state index in [1.54, 1.807) is 0 Å². The zero-order chi connectivity index (χ0) is 21.6. The van der Waals surface area contributed by atoms with Gasteiger partial charge >= 0.3 is 0 Å². The largest absolute Gasteiger partial charge is 0.481 e. The fourth-order valence-electron chi connectivity index (χ4n) is 4.61. The molecule has 2 unspecified atom stereocenters. The van der Waals surface area contributed by atoms with E-state index < -0.39 is 6.10 Å². The van der Waals surface area contributed by atoms with Crippen molar-refractivity contribution in [3.63, 3.8) is 0 Å². The minimum atomic E-state index is -0.455. The van der Waals surface area contributed by atoms with Crippen LogP contribution in [0.25, 0.3) is 0 Å². The molecule has 31 heavy (non-hydrogen) atoms. The number of amides is 1. The van der Waals surface area contributed by atoms with Crippen LogP contribution in [-0.2, 0) is 4.79 Å². The summed E-state index contributed by atoms with van der Waals surface area (Å²) >= 11 is 0. The van der Waals surface area contributed by atoms with Gasteiger partial charge < -0.3 is 14.5 Å². The van der Waals surface area contributed by atoms with Gasteiger partial charge in [-0.05, 0) is 56.9 Å². The van der Waals surface area contributed by atoms with E-state index in [9.17, 15) is 4.79 Å². The molecule has 3 heterocycles. The summed E-state index contributed by atoms with van der Waals surface area (Å²) in [6.45, 7) is 10.8. The smallest absolute Gasteiger partial charge is 0.263 e. The highest BCUT2D eigenvalue weighted by atomic mass is 16.5. The Kier molecular flexibility index (Phi) is 7.07. The number of piperazine rings is 1. The SMILES string of the molecule is Cc1ccc(OC(C)C(=O)N2CCCC(CN3CCN(c4ccccn4)CC3)C2)cc1. The molecule has 0 aliphatic carbocycles. The number of rotatable bonds is 6. The summed E-state index contributed by atoms with van der Waals surface area (Å²) in [5.74, 6) is 2.46. The Morgan fingerprint density at radius 2 is 1.87 bits per heavy atom. The number of ether oxygens (including phenoxy) is 1. The number of carbonyl (C=O) groups is 1. The Morgan fingerprint density at radius 1 is 1.10 bits per heavy atom. The minimum absolute atomic E-state index is 0.102. The van der Waals surface area contributed by atoms with Crippen LogP contribution in [0.1, 0.15) is 25.3 Å². The number of hydrogen-bond donors (Lipinski definition) is 0. The van der Waals surface area contributed by atoms with Crippen LogP contribution in [-0.4, -0.2) is 72.6 Å². The van der Waals surface area contributed by atoms with Crippen molar-refractivity contribution in [3.8, 4) is 5.75 Å². The number of anilines is 1. The van der Waals surface area contributed by atoms with Crippen LogP contribution in [0.2, 0.25) is 0 Å². The van der Waals surface area contributed by atoms with E-state index in [1.807, 2.05) is 61.3 Å². The molecule has 2 atom stereocenters. The van der Waals surface area contributed by atoms with Crippen molar-refractivity contribution in [2.75, 3.05) is 50.7 Å². The molecule has 2 fully saturated rings. The number of pyridine rings is 1. The second-order valence-corrected chi connectivity index (χ2v) is 8.84. The Balaban J connectivity index is 1.24. The Hall–Kier alpha value is -2.60. The van der Waals surface area contributed by atoms with E-state index in [-0.39, 0.29) is 5.91 Å². The molecule has 6 heteroatoms. The lowest BCUT2D eigenvalue weighted by molar-refractivity contribution is -0.140. The van der Waals surface area contributed by atoms with Crippen LogP contribution in [0.3, 0.4) is 0 Å². The summed E-state index contributed by atoms with van der Waals surface area (Å²) in [6.07, 6.45) is 3.67. The lowest BCUT2D eigenvalue weighted by Crippen LogP contribution is -2.51. The second kappa shape index (κ2) is 10.1. The molecule has 0 bridgehead atoms. The van der Waals surface area contributed by atoms with Gasteiger partial charge in [-0.25, -0.2) is 4.98 Å². The third kappa shape index (κ3) is 5.76. The zero-order valence-corrected chi connectivity index (χ0v) is 18.7. The van der Waals surface area contributed by atoms with Gasteiger partial charge in [0.25, 0.3) is 5.91 Å². The topological polar surface area (TPSA) is 48.9 Å². The molecule has 1 aromatic heterocycles. The lowest BCUT2D eigenvalue weighted by atomic mass is 9.96. The van der Waals surface area contributed by atoms with E-state index in [0.29, 0.717) is 5.92 Å². The standard InChI is InChI=1S/C25H34N4O2/c1-20-8-10-23(11-9-20)31-21(2)25(30)29-13-5-6-22(19-29)18-27-14-16-28(17-15-27)24-7-3-4-12-26-24/h3-4,7-12,21-22H,5-6,13-19H2,1-2H3. The number of likely N-dealkylation sites (tertiary alicyclic amines) is 1. The molecule has 0 saturated carbocycles. The third-order valence-electron chi connectivity index (χ3n) is 6.37. The minimum Gasteiger partial charge on any atom is -0.481 e. The van der Waals surface area contributed by atoms with Crippen molar-refractivity contribution in [2.24, 2.45) is 5.92 Å². The number of benzene rings is 1. The number of aromatic nitrogens is 1. The van der Waals surface area contributed by atoms with Crippen LogP contribution in [0.4, 0.5) is 5.82 Å². The van der Waals surface area contributed by atoms with Gasteiger partial charge in [-0.2, -0.15) is 0 Å². The van der Waals surface area contributed by atoms with Crippen LogP contribution in [0.5, 0.6) is 5.75 Å². The van der Waals surface area contributed by atoms with Gasteiger partial charge in [0.2, 0.25) is 0 Å². The lowest BCUT2D eigenvalue weighted by Gasteiger charge is -2.40. The third-order valence-corrected chi connectivity index (χ3v) is 6.37. The molecule has 1 amide bonds. The molecule has 6 nitrogen and oxygen atoms in total. The summed E-state index contributed by atoms with van der Waals surface area (Å²) in [7, 11) is 0. The maximum Gasteiger partial charge on any atom is 0.263 e. The van der Waals surface area contributed by atoms with Gasteiger partial charge in [0.1, 0.15) is 11.6 Å². The van der Waals surface area contributed by atoms with Crippen LogP contribution in [0, 0.1) is 12.8 Å². The predicted octanol–water partition coefficient (Wildman–Crippen LogP) is 3.22. The fraction of sp³-hybridized carbons (Fsp3) is 0.520. The van der Waals surface area contributed by atoms with Gasteiger partial charge in [-0.3, -0.25) is 9.69 Å². The number of carbonyl (C=O) groups excluding carboxylic acids is 1. The molecule has 2 aromatic rings. The van der Waals surface area contributed by atoms with Crippen LogP contribution in [0.15, 0.2) is 48.7 Å². The first kappa shape index (κ1) is 21.6. The van der Waals surface area contributed by atoms with Crippen molar-refractivity contribution >= 4 is 11.7 Å². The molecule has 0 radical (unpaired) electrons. The number of aryl methyl sites for hydroxylation is 1. The number of hydrogen-bond acceptors (Lipinski definition) is 5. The molecule has 0 N–H and O–H groups in total. The predicted molar refractivity (Wildman–Crippen MR) is 123 cm³/mol. The molecule has 2 aliphatic heterocycles. The van der Waals surface area contributed by atoms with Crippen molar-refractivity contribution in [3.05, 3.63) is 54.2 Å². The summed E-state index contributed by atoms with van der Waals surface area (Å²) in [5.41, 5.74) is 1.19. The molecule has 1 aromatic carbocycles. The van der Waals surface area contributed by atoms with Crippen LogP contribution < -0.4 is 9.64 Å². The fourth-order valence-corrected chi connectivity index (χ4v) is 4.61. The van der Waals surface area contributed by atoms with E-state index in [0.717, 1.165) is 63.8 Å². The van der Waals surface area contributed by atoms with Gasteiger partial charge in [0, 0.05) is 52.0 Å². The highest BCUT2D eigenvalue weighted by Crippen LogP contribution is 2.21. The normalized spacial score (nSPS) is 21.0. The van der Waals surface area contributed by atoms with Crippen LogP contribution >= 0.6 is 0 Å². The Morgan fingerprint density at radius 3 is 2.58 bits per heavy atom. The molecule has 2 aliphatic rings. The maximum atomic E-state index is 13.0. The molecule has 166 valence electrons. The van der Waals surface area contributed by atoms with Gasteiger partial charge in [0.15, 0.2) is 6.10 Å². The summed E-state index contributed by atoms with van der Waals surface area (Å²) in [4.78, 5) is 24.4. The van der Waals surface area contributed by atoms with Crippen molar-refractivity contribution in [1.82, 2.24) is 14.8 Å². The molecule has 2 saturated heterocycles. The first-order valence-electron chi connectivity index (χ1n) is 11.5. The van der Waals surface area contributed by atoms with E-state index >= 15 is 0 Å². The average molecular weight is 423 g/mol. The van der Waals surface area contributed by atoms with Crippen molar-refractivity contribution in [2.45, 2.75) is 32.8 Å². The summed E-state index contributed by atoms with van der Waals surface area (Å²) in [5, 5.41) is 0. The van der Waals surface area contributed by atoms with Crippen molar-refractivity contribution < 1.29 is 9.53 Å². The van der Waals surface area contributed by atoms with Gasteiger partial charge in [0.05, 0.1) is 0 Å². The highest BCUT2D eigenvalue weighted by molar-refractivity contribution is 5.81. The average Bonchev–Trinajstić information content (AvgIpc) is 2.81. The van der Waals surface area contributed by atoms with Gasteiger partial charge in [-0.1, -0.05) is 23.8 Å². The van der Waals surface area contributed by atoms with E-state index in [2.05, 4.69) is 20.9 Å². The van der Waals surface area contributed by atoms with E-state index in [4.69, 9.17) is 4.74 Å². The molecular formula is C25H34N4O2. The molecule has 4 rings (SSSR count). The number of piperidine rings is 1. The maximum absolute atomic E-state index is 13.0.